The van der Waals surface area contributed by atoms with Gasteiger partial charge in [0, 0.05) is 5.69 Å². The summed E-state index contributed by atoms with van der Waals surface area (Å²) in [5.74, 6) is -0.276. The summed E-state index contributed by atoms with van der Waals surface area (Å²) < 4.78 is 23.4. The van der Waals surface area contributed by atoms with Crippen LogP contribution in [0.1, 0.15) is 29.1 Å². The molecule has 0 saturated heterocycles. The standard InChI is InChI=1S/C21H19FN2O4/c1-14(15-4-6-16(22)7-5-15)23-20(25)13-28-18-10-8-17(9-11-18)24-21(26)19-3-2-12-27-19/h2-12,14H,13H2,1H3,(H,23,25)(H,24,26). The van der Waals surface area contributed by atoms with Gasteiger partial charge >= 0.3 is 0 Å². The first kappa shape index (κ1) is 19.2. The van der Waals surface area contributed by atoms with Crippen molar-refractivity contribution in [1.82, 2.24) is 5.32 Å². The minimum Gasteiger partial charge on any atom is -0.484 e. The predicted molar refractivity (Wildman–Crippen MR) is 102 cm³/mol. The van der Waals surface area contributed by atoms with Crippen LogP contribution in [0, 0.1) is 5.82 Å². The van der Waals surface area contributed by atoms with Gasteiger partial charge in [-0.3, -0.25) is 9.59 Å². The number of carbonyl (C=O) groups is 2. The minimum absolute atomic E-state index is 0.163. The first-order valence-electron chi connectivity index (χ1n) is 8.64. The van der Waals surface area contributed by atoms with Crippen molar-refractivity contribution in [3.63, 3.8) is 0 Å². The highest BCUT2D eigenvalue weighted by atomic mass is 19.1. The number of anilines is 1. The van der Waals surface area contributed by atoms with Crippen molar-refractivity contribution in [2.75, 3.05) is 11.9 Å². The van der Waals surface area contributed by atoms with E-state index >= 15 is 0 Å². The van der Waals surface area contributed by atoms with E-state index in [-0.39, 0.29) is 36.0 Å². The fourth-order valence-corrected chi connectivity index (χ4v) is 2.50. The van der Waals surface area contributed by atoms with Gasteiger partial charge in [-0.15, -0.1) is 0 Å². The average Bonchev–Trinajstić information content (AvgIpc) is 3.23. The molecule has 0 aliphatic rings. The topological polar surface area (TPSA) is 80.6 Å². The lowest BCUT2D eigenvalue weighted by Crippen LogP contribution is -2.31. The normalized spacial score (nSPS) is 11.5. The molecule has 0 spiro atoms. The first-order chi connectivity index (χ1) is 13.5. The van der Waals surface area contributed by atoms with Crippen LogP contribution >= 0.6 is 0 Å². The molecule has 7 heteroatoms. The number of ether oxygens (including phenoxy) is 1. The van der Waals surface area contributed by atoms with E-state index in [1.807, 2.05) is 6.92 Å². The van der Waals surface area contributed by atoms with E-state index in [0.29, 0.717) is 11.4 Å². The lowest BCUT2D eigenvalue weighted by molar-refractivity contribution is -0.123. The van der Waals surface area contributed by atoms with Crippen LogP contribution in [0.15, 0.2) is 71.3 Å². The SMILES string of the molecule is CC(NC(=O)COc1ccc(NC(=O)c2ccco2)cc1)c1ccc(F)cc1. The molecule has 1 unspecified atom stereocenters. The molecule has 0 radical (unpaired) electrons. The summed E-state index contributed by atoms with van der Waals surface area (Å²) >= 11 is 0. The van der Waals surface area contributed by atoms with E-state index in [4.69, 9.17) is 9.15 Å². The van der Waals surface area contributed by atoms with Gasteiger partial charge in [-0.1, -0.05) is 12.1 Å². The Kier molecular flexibility index (Phi) is 6.06. The van der Waals surface area contributed by atoms with Crippen molar-refractivity contribution in [3.05, 3.63) is 84.1 Å². The second-order valence-corrected chi connectivity index (χ2v) is 6.09. The lowest BCUT2D eigenvalue weighted by atomic mass is 10.1. The van der Waals surface area contributed by atoms with E-state index in [1.165, 1.54) is 18.4 Å². The maximum absolute atomic E-state index is 13.0. The molecule has 0 aliphatic carbocycles. The molecule has 0 bridgehead atoms. The Morgan fingerprint density at radius 2 is 1.79 bits per heavy atom. The molecule has 3 rings (SSSR count). The molecule has 0 aliphatic heterocycles. The Morgan fingerprint density at radius 3 is 2.43 bits per heavy atom. The molecule has 2 amide bonds. The first-order valence-corrected chi connectivity index (χ1v) is 8.64. The minimum atomic E-state index is -0.354. The van der Waals surface area contributed by atoms with Gasteiger partial charge in [-0.2, -0.15) is 0 Å². The van der Waals surface area contributed by atoms with E-state index < -0.39 is 0 Å². The van der Waals surface area contributed by atoms with E-state index in [2.05, 4.69) is 10.6 Å². The summed E-state index contributed by atoms with van der Waals surface area (Å²) in [5.41, 5.74) is 1.37. The molecular weight excluding hydrogens is 363 g/mol. The summed E-state index contributed by atoms with van der Waals surface area (Å²) in [7, 11) is 0. The predicted octanol–water partition coefficient (Wildman–Crippen LogP) is 3.93. The number of hydrogen-bond donors (Lipinski definition) is 2. The Balaban J connectivity index is 1.47. The summed E-state index contributed by atoms with van der Waals surface area (Å²) in [6.07, 6.45) is 1.42. The summed E-state index contributed by atoms with van der Waals surface area (Å²) in [6.45, 7) is 1.64. The summed E-state index contributed by atoms with van der Waals surface area (Å²) in [5, 5.41) is 5.48. The quantitative estimate of drug-likeness (QED) is 0.649. The van der Waals surface area contributed by atoms with Gasteiger partial charge in [-0.25, -0.2) is 4.39 Å². The fourth-order valence-electron chi connectivity index (χ4n) is 2.50. The highest BCUT2D eigenvalue weighted by molar-refractivity contribution is 6.02. The van der Waals surface area contributed by atoms with Crippen molar-refractivity contribution in [3.8, 4) is 5.75 Å². The van der Waals surface area contributed by atoms with Crippen LogP contribution in [0.2, 0.25) is 0 Å². The van der Waals surface area contributed by atoms with Crippen LogP contribution < -0.4 is 15.4 Å². The van der Waals surface area contributed by atoms with E-state index in [9.17, 15) is 14.0 Å². The maximum atomic E-state index is 13.0. The van der Waals surface area contributed by atoms with Gasteiger partial charge in [0.25, 0.3) is 11.8 Å². The Labute approximate surface area is 161 Å². The van der Waals surface area contributed by atoms with Crippen LogP contribution in [-0.2, 0) is 4.79 Å². The number of benzene rings is 2. The summed E-state index contributed by atoms with van der Waals surface area (Å²) in [6, 6.07) is 15.5. The second kappa shape index (κ2) is 8.85. The molecule has 0 fully saturated rings. The Hall–Kier alpha value is -3.61. The van der Waals surface area contributed by atoms with Gasteiger partial charge < -0.3 is 19.8 Å². The fraction of sp³-hybridized carbons (Fsp3) is 0.143. The molecule has 3 aromatic rings. The molecule has 2 aromatic carbocycles. The van der Waals surface area contributed by atoms with Gasteiger partial charge in [0.15, 0.2) is 12.4 Å². The number of hydrogen-bond acceptors (Lipinski definition) is 4. The number of rotatable bonds is 7. The van der Waals surface area contributed by atoms with Crippen molar-refractivity contribution < 1.29 is 23.1 Å². The van der Waals surface area contributed by atoms with Crippen molar-refractivity contribution in [1.29, 1.82) is 0 Å². The van der Waals surface area contributed by atoms with E-state index in [0.717, 1.165) is 5.56 Å². The number of amides is 2. The van der Waals surface area contributed by atoms with Gasteiger partial charge in [0.1, 0.15) is 11.6 Å². The van der Waals surface area contributed by atoms with Crippen LogP contribution in [0.25, 0.3) is 0 Å². The van der Waals surface area contributed by atoms with Crippen LogP contribution in [0.4, 0.5) is 10.1 Å². The molecule has 6 nitrogen and oxygen atoms in total. The molecule has 2 N–H and O–H groups in total. The molecule has 1 heterocycles. The van der Waals surface area contributed by atoms with Gasteiger partial charge in [0.05, 0.1) is 12.3 Å². The number of nitrogens with one attached hydrogen (secondary N) is 2. The molecule has 1 atom stereocenters. The zero-order chi connectivity index (χ0) is 19.9. The zero-order valence-corrected chi connectivity index (χ0v) is 15.1. The van der Waals surface area contributed by atoms with Crippen molar-refractivity contribution >= 4 is 17.5 Å². The highest BCUT2D eigenvalue weighted by Crippen LogP contribution is 2.17. The number of halogens is 1. The third kappa shape index (κ3) is 5.20. The molecule has 28 heavy (non-hydrogen) atoms. The smallest absolute Gasteiger partial charge is 0.291 e. The molecule has 0 saturated carbocycles. The van der Waals surface area contributed by atoms with Crippen molar-refractivity contribution in [2.45, 2.75) is 13.0 Å². The third-order valence-electron chi connectivity index (χ3n) is 3.97. The molecular formula is C21H19FN2O4. The van der Waals surface area contributed by atoms with Crippen molar-refractivity contribution in [2.24, 2.45) is 0 Å². The molecule has 1 aromatic heterocycles. The zero-order valence-electron chi connectivity index (χ0n) is 15.1. The average molecular weight is 382 g/mol. The number of carbonyl (C=O) groups excluding carboxylic acids is 2. The Morgan fingerprint density at radius 1 is 1.07 bits per heavy atom. The monoisotopic (exact) mass is 382 g/mol. The van der Waals surface area contributed by atoms with Gasteiger partial charge in [0.2, 0.25) is 0 Å². The maximum Gasteiger partial charge on any atom is 0.291 e. The van der Waals surface area contributed by atoms with E-state index in [1.54, 1.807) is 48.5 Å². The Bertz CT molecular complexity index is 922. The van der Waals surface area contributed by atoms with Gasteiger partial charge in [-0.05, 0) is 61.0 Å². The lowest BCUT2D eigenvalue weighted by Gasteiger charge is -2.15. The van der Waals surface area contributed by atoms with Crippen LogP contribution in [-0.4, -0.2) is 18.4 Å². The second-order valence-electron chi connectivity index (χ2n) is 6.09. The van der Waals surface area contributed by atoms with Crippen LogP contribution in [0.3, 0.4) is 0 Å². The third-order valence-corrected chi connectivity index (χ3v) is 3.97. The van der Waals surface area contributed by atoms with Crippen LogP contribution in [0.5, 0.6) is 5.75 Å². The molecule has 144 valence electrons. The number of furan rings is 1. The largest absolute Gasteiger partial charge is 0.484 e. The highest BCUT2D eigenvalue weighted by Gasteiger charge is 2.11. The summed E-state index contributed by atoms with van der Waals surface area (Å²) in [4.78, 5) is 23.9.